The van der Waals surface area contributed by atoms with Crippen LogP contribution < -0.4 is 0 Å². The summed E-state index contributed by atoms with van der Waals surface area (Å²) in [6.45, 7) is 3.66. The maximum Gasteiger partial charge on any atom is 0.126 e. The first kappa shape index (κ1) is 24.5. The van der Waals surface area contributed by atoms with Gasteiger partial charge in [0.25, 0.3) is 0 Å². The van der Waals surface area contributed by atoms with Crippen LogP contribution in [0.15, 0.2) is 36.4 Å². The van der Waals surface area contributed by atoms with Crippen molar-refractivity contribution >= 4 is 0 Å². The van der Waals surface area contributed by atoms with Crippen molar-refractivity contribution in [2.24, 2.45) is 0 Å². The number of phenols is 3. The van der Waals surface area contributed by atoms with Crippen LogP contribution in [0.25, 0.3) is 0 Å². The highest BCUT2D eigenvalue weighted by molar-refractivity contribution is 5.59. The van der Waals surface area contributed by atoms with Gasteiger partial charge in [0.05, 0.1) is 26.4 Å². The average Bonchev–Trinajstić information content (AvgIpc) is 2.81. The van der Waals surface area contributed by atoms with Crippen LogP contribution in [0.1, 0.15) is 57.0 Å². The molecule has 0 fully saturated rings. The van der Waals surface area contributed by atoms with Crippen molar-refractivity contribution in [1.29, 1.82) is 0 Å². The number of benzene rings is 3. The monoisotopic (exact) mass is 454 g/mol. The van der Waals surface area contributed by atoms with E-state index in [-0.39, 0.29) is 41.6 Å². The second kappa shape index (κ2) is 9.41. The van der Waals surface area contributed by atoms with Crippen LogP contribution >= 0.6 is 0 Å². The summed E-state index contributed by atoms with van der Waals surface area (Å²) in [5.41, 5.74) is 3.24. The molecule has 3 aromatic rings. The Balaban J connectivity index is 2.46. The van der Waals surface area contributed by atoms with Gasteiger partial charge in [-0.1, -0.05) is 12.1 Å². The molecule has 0 atom stereocenters. The summed E-state index contributed by atoms with van der Waals surface area (Å²) in [7, 11) is 0. The highest BCUT2D eigenvalue weighted by Crippen LogP contribution is 2.45. The highest BCUT2D eigenvalue weighted by Gasteiger charge is 2.34. The number of rotatable bonds is 7. The second-order valence-corrected chi connectivity index (χ2v) is 8.50. The Hall–Kier alpha value is -3.10. The predicted octanol–water partition coefficient (Wildman–Crippen LogP) is 2.74. The van der Waals surface area contributed by atoms with Gasteiger partial charge >= 0.3 is 0 Å². The summed E-state index contributed by atoms with van der Waals surface area (Å²) in [5, 5.41) is 70.4. The quantitative estimate of drug-likeness (QED) is 0.272. The van der Waals surface area contributed by atoms with Crippen LogP contribution in [0.5, 0.6) is 17.2 Å². The topological polar surface area (TPSA) is 142 Å². The van der Waals surface area contributed by atoms with Crippen LogP contribution in [0.2, 0.25) is 0 Å². The summed E-state index contributed by atoms with van der Waals surface area (Å²) in [4.78, 5) is 0. The van der Waals surface area contributed by atoms with Crippen LogP contribution in [0.3, 0.4) is 0 Å². The third-order valence-electron chi connectivity index (χ3n) is 6.44. The number of hydrogen-bond donors (Lipinski definition) is 7. The molecule has 0 heterocycles. The molecule has 0 saturated heterocycles. The predicted molar refractivity (Wildman–Crippen MR) is 123 cm³/mol. The van der Waals surface area contributed by atoms with Crippen LogP contribution in [-0.2, 0) is 31.8 Å². The van der Waals surface area contributed by atoms with Crippen molar-refractivity contribution in [3.05, 3.63) is 86.5 Å². The van der Waals surface area contributed by atoms with Crippen molar-refractivity contribution < 1.29 is 35.7 Å². The van der Waals surface area contributed by atoms with Crippen LogP contribution in [0, 0.1) is 13.8 Å². The summed E-state index contributed by atoms with van der Waals surface area (Å²) < 4.78 is 0. The fourth-order valence-electron chi connectivity index (χ4n) is 4.31. The van der Waals surface area contributed by atoms with Gasteiger partial charge in [0.2, 0.25) is 0 Å². The lowest BCUT2D eigenvalue weighted by Crippen LogP contribution is -2.27. The Bertz CT molecular complexity index is 1100. The zero-order valence-corrected chi connectivity index (χ0v) is 18.9. The van der Waals surface area contributed by atoms with Crippen molar-refractivity contribution in [1.82, 2.24) is 0 Å². The molecule has 0 saturated carbocycles. The Kier molecular flexibility index (Phi) is 7.00. The first-order valence-corrected chi connectivity index (χ1v) is 10.6. The smallest absolute Gasteiger partial charge is 0.126 e. The maximum absolute atomic E-state index is 10.4. The van der Waals surface area contributed by atoms with E-state index in [1.165, 1.54) is 0 Å². The molecule has 0 radical (unpaired) electrons. The van der Waals surface area contributed by atoms with Crippen molar-refractivity contribution in [2.45, 2.75) is 52.6 Å². The molecule has 33 heavy (non-hydrogen) atoms. The average molecular weight is 455 g/mol. The lowest BCUT2D eigenvalue weighted by molar-refractivity contribution is 0.263. The number of aliphatic hydroxyl groups is 4. The van der Waals surface area contributed by atoms with E-state index in [0.29, 0.717) is 38.9 Å². The normalized spacial score (nSPS) is 11.7. The zero-order valence-electron chi connectivity index (χ0n) is 18.9. The lowest BCUT2D eigenvalue weighted by atomic mass is 9.69. The Morgan fingerprint density at radius 3 is 1.09 bits per heavy atom. The van der Waals surface area contributed by atoms with Gasteiger partial charge in [-0.2, -0.15) is 0 Å². The summed E-state index contributed by atoms with van der Waals surface area (Å²) in [6.07, 6.45) is 0. The maximum atomic E-state index is 10.4. The van der Waals surface area contributed by atoms with E-state index in [1.807, 2.05) is 6.92 Å². The molecule has 0 aliphatic heterocycles. The molecule has 3 rings (SSSR count). The van der Waals surface area contributed by atoms with Gasteiger partial charge in [-0.3, -0.25) is 0 Å². The Morgan fingerprint density at radius 2 is 0.788 bits per heavy atom. The molecule has 7 nitrogen and oxygen atoms in total. The number of aromatic hydroxyl groups is 3. The molecule has 0 unspecified atom stereocenters. The molecule has 0 spiro atoms. The van der Waals surface area contributed by atoms with E-state index in [2.05, 4.69) is 0 Å². The number of aliphatic hydroxyl groups excluding tert-OH is 4. The largest absolute Gasteiger partial charge is 0.507 e. The fourth-order valence-corrected chi connectivity index (χ4v) is 4.31. The minimum Gasteiger partial charge on any atom is -0.507 e. The van der Waals surface area contributed by atoms with E-state index in [9.17, 15) is 35.7 Å². The van der Waals surface area contributed by atoms with Crippen LogP contribution in [0.4, 0.5) is 0 Å². The minimum absolute atomic E-state index is 0.0145. The molecule has 176 valence electrons. The Morgan fingerprint density at radius 1 is 0.515 bits per heavy atom. The highest BCUT2D eigenvalue weighted by atomic mass is 16.3. The molecular formula is C26H30O7. The molecule has 0 bridgehead atoms. The lowest BCUT2D eigenvalue weighted by Gasteiger charge is -2.34. The van der Waals surface area contributed by atoms with Crippen molar-refractivity contribution in [3.8, 4) is 17.2 Å². The summed E-state index contributed by atoms with van der Waals surface area (Å²) >= 11 is 0. The third-order valence-corrected chi connectivity index (χ3v) is 6.44. The van der Waals surface area contributed by atoms with Gasteiger partial charge in [0.15, 0.2) is 0 Å². The molecular weight excluding hydrogens is 424 g/mol. The zero-order chi connectivity index (χ0) is 24.5. The number of hydrogen-bond acceptors (Lipinski definition) is 7. The SMILES string of the molecule is Cc1cc(C(C)(c2cc(C)c(O)c(CO)c2)c2cc(CO)c(O)c(CO)c2)cc(CO)c1O. The van der Waals surface area contributed by atoms with Gasteiger partial charge in [-0.25, -0.2) is 0 Å². The molecule has 0 aliphatic rings. The molecule has 0 aromatic heterocycles. The molecule has 0 amide bonds. The van der Waals surface area contributed by atoms with Gasteiger partial charge in [0.1, 0.15) is 17.2 Å². The molecule has 7 heteroatoms. The first-order chi connectivity index (χ1) is 15.6. The standard InChI is InChI=1S/C26H30O7/c1-14-4-20(6-16(10-27)23(14)31)26(3,21-5-15(2)24(32)17(7-21)11-28)22-8-18(12-29)25(33)19(9-22)13-30/h4-9,27-33H,10-13H2,1-3H3. The van der Waals surface area contributed by atoms with E-state index in [0.717, 1.165) is 0 Å². The molecule has 7 N–H and O–H groups in total. The molecule has 3 aromatic carbocycles. The third kappa shape index (κ3) is 4.16. The van der Waals surface area contributed by atoms with Gasteiger partial charge < -0.3 is 35.7 Å². The van der Waals surface area contributed by atoms with E-state index in [4.69, 9.17) is 0 Å². The van der Waals surface area contributed by atoms with Gasteiger partial charge in [-0.15, -0.1) is 0 Å². The fraction of sp³-hybridized carbons (Fsp3) is 0.308. The summed E-state index contributed by atoms with van der Waals surface area (Å²) in [6, 6.07) is 10.2. The van der Waals surface area contributed by atoms with Crippen molar-refractivity contribution in [3.63, 3.8) is 0 Å². The van der Waals surface area contributed by atoms with Crippen molar-refractivity contribution in [2.75, 3.05) is 0 Å². The first-order valence-electron chi connectivity index (χ1n) is 10.6. The Labute approximate surface area is 192 Å². The summed E-state index contributed by atoms with van der Waals surface area (Å²) in [5.74, 6) is -0.222. The molecule has 0 aliphatic carbocycles. The second-order valence-electron chi connectivity index (χ2n) is 8.50. The van der Waals surface area contributed by atoms with Gasteiger partial charge in [0, 0.05) is 27.7 Å². The van der Waals surface area contributed by atoms with E-state index in [1.54, 1.807) is 50.2 Å². The van der Waals surface area contributed by atoms with Gasteiger partial charge in [-0.05, 0) is 72.9 Å². The minimum atomic E-state index is -0.980. The van der Waals surface area contributed by atoms with Crippen LogP contribution in [-0.4, -0.2) is 35.7 Å². The number of aryl methyl sites for hydroxylation is 2. The van der Waals surface area contributed by atoms with E-state index >= 15 is 0 Å². The van der Waals surface area contributed by atoms with E-state index < -0.39 is 18.6 Å².